The van der Waals surface area contributed by atoms with Crippen LogP contribution in [0.1, 0.15) is 71.4 Å². The molecule has 0 spiro atoms. The Bertz CT molecular complexity index is 1640. The Morgan fingerprint density at radius 2 is 1.68 bits per heavy atom. The normalized spacial score (nSPS) is 11.9. The molecule has 0 aliphatic heterocycles. The molecule has 1 atom stereocenters. The molecule has 0 bridgehead atoms. The summed E-state index contributed by atoms with van der Waals surface area (Å²) in [6.45, 7) is 19.6. The predicted octanol–water partition coefficient (Wildman–Crippen LogP) is 4.75. The number of carbonyl (C=O) groups excluding carboxylic acids is 4. The number of likely N-dealkylation sites (N-methyl/N-ethyl adjacent to an activating group) is 1. The summed E-state index contributed by atoms with van der Waals surface area (Å²) in [5.41, 5.74) is 6.64. The minimum atomic E-state index is -0.984. The van der Waals surface area contributed by atoms with E-state index in [0.29, 0.717) is 47.2 Å². The third kappa shape index (κ3) is 11.7. The lowest BCUT2D eigenvalue weighted by Gasteiger charge is -2.25. The molecule has 5 amide bonds. The zero-order chi connectivity index (χ0) is 37.0. The average molecular weight is 712 g/mol. The molecule has 3 heterocycles. The van der Waals surface area contributed by atoms with Crippen molar-refractivity contribution in [1.29, 1.82) is 0 Å². The van der Waals surface area contributed by atoms with E-state index in [1.165, 1.54) is 17.5 Å². The van der Waals surface area contributed by atoms with Crippen LogP contribution >= 0.6 is 11.3 Å². The second-order valence-corrected chi connectivity index (χ2v) is 13.5. The number of nitrogens with zero attached hydrogens (tertiary/aromatic N) is 4. The summed E-state index contributed by atoms with van der Waals surface area (Å²) in [7, 11) is 0. The van der Waals surface area contributed by atoms with E-state index in [4.69, 9.17) is 9.47 Å². The van der Waals surface area contributed by atoms with Gasteiger partial charge in [0.05, 0.1) is 5.56 Å². The number of rotatable bonds is 14. The topological polar surface area (TPSA) is 189 Å². The van der Waals surface area contributed by atoms with Gasteiger partial charge in [-0.3, -0.25) is 25.8 Å². The molecule has 0 saturated carbocycles. The molecule has 3 aromatic rings. The first-order valence-corrected chi connectivity index (χ1v) is 17.5. The third-order valence-corrected chi connectivity index (χ3v) is 8.19. The Kier molecular flexibility index (Phi) is 14.5. The second kappa shape index (κ2) is 18.2. The first-order valence-electron chi connectivity index (χ1n) is 16.6. The lowest BCUT2D eigenvalue weighted by Crippen LogP contribution is -2.55. The molecule has 0 fully saturated rings. The van der Waals surface area contributed by atoms with Gasteiger partial charge in [0, 0.05) is 53.2 Å². The number of urea groups is 1. The Hall–Kier alpha value is -4.83. The summed E-state index contributed by atoms with van der Waals surface area (Å²) >= 11 is 1.42. The van der Waals surface area contributed by atoms with Gasteiger partial charge in [0.15, 0.2) is 0 Å². The lowest BCUT2D eigenvalue weighted by molar-refractivity contribution is -0.125. The van der Waals surface area contributed by atoms with E-state index in [1.54, 1.807) is 52.9 Å². The maximum absolute atomic E-state index is 13.4. The number of alkyl carbamates (subject to hydrolysis) is 1. The van der Waals surface area contributed by atoms with E-state index in [-0.39, 0.29) is 17.4 Å². The maximum Gasteiger partial charge on any atom is 0.408 e. The Morgan fingerprint density at radius 1 is 0.960 bits per heavy atom. The Labute approximate surface area is 297 Å². The molecule has 3 rings (SSSR count). The molecule has 0 saturated heterocycles. The van der Waals surface area contributed by atoms with Gasteiger partial charge in [0.2, 0.25) is 5.88 Å². The summed E-state index contributed by atoms with van der Waals surface area (Å²) in [4.78, 5) is 67.0. The maximum atomic E-state index is 13.4. The fourth-order valence-electron chi connectivity index (χ4n) is 4.65. The summed E-state index contributed by atoms with van der Waals surface area (Å²) in [5.74, 6) is -1.04. The Morgan fingerprint density at radius 3 is 2.28 bits per heavy atom. The van der Waals surface area contributed by atoms with Gasteiger partial charge in [-0.1, -0.05) is 27.7 Å². The highest BCUT2D eigenvalue weighted by Crippen LogP contribution is 2.39. The van der Waals surface area contributed by atoms with Crippen molar-refractivity contribution in [1.82, 2.24) is 41.3 Å². The molecule has 0 aliphatic rings. The molecular formula is C34H49N9O6S. The second-order valence-electron chi connectivity index (χ2n) is 12.7. The van der Waals surface area contributed by atoms with Gasteiger partial charge < -0.3 is 25.0 Å². The molecule has 16 heteroatoms. The number of aromatic nitrogens is 3. The number of pyridine rings is 2. The van der Waals surface area contributed by atoms with Crippen molar-refractivity contribution in [2.75, 3.05) is 38.1 Å². The highest BCUT2D eigenvalue weighted by molar-refractivity contribution is 7.13. The van der Waals surface area contributed by atoms with Crippen LogP contribution < -0.4 is 31.5 Å². The van der Waals surface area contributed by atoms with E-state index in [9.17, 15) is 19.2 Å². The lowest BCUT2D eigenvalue weighted by atomic mass is 10.0. The summed E-state index contributed by atoms with van der Waals surface area (Å²) in [6.07, 6.45) is 2.17. The molecule has 5 N–H and O–H groups in total. The monoisotopic (exact) mass is 711 g/mol. The number of hydrogen-bond donors (Lipinski definition) is 5. The molecule has 0 aromatic carbocycles. The number of thiazole rings is 1. The SMILES string of the molecule is CCNC(=O)Nc1cc(-c2nc(C)cs2)c(-c2cc(C(=O)NNC(=O)[C@@H](NC(=O)OC(C)(C)C)C(C)C)cnc2OCCN(CC)CC)cn1. The zero-order valence-electron chi connectivity index (χ0n) is 30.2. The quantitative estimate of drug-likeness (QED) is 0.146. The van der Waals surface area contributed by atoms with Crippen LogP contribution in [0, 0.1) is 12.8 Å². The largest absolute Gasteiger partial charge is 0.476 e. The smallest absolute Gasteiger partial charge is 0.408 e. The fraction of sp³-hybridized carbons (Fsp3) is 0.500. The van der Waals surface area contributed by atoms with Crippen molar-refractivity contribution in [3.63, 3.8) is 0 Å². The van der Waals surface area contributed by atoms with Crippen molar-refractivity contribution in [3.8, 4) is 27.6 Å². The number of nitrogens with one attached hydrogen (secondary N) is 5. The molecule has 272 valence electrons. The van der Waals surface area contributed by atoms with Gasteiger partial charge in [-0.25, -0.2) is 24.5 Å². The average Bonchev–Trinajstić information content (AvgIpc) is 3.49. The van der Waals surface area contributed by atoms with E-state index in [2.05, 4.69) is 60.5 Å². The van der Waals surface area contributed by atoms with Crippen molar-refractivity contribution >= 4 is 41.1 Å². The van der Waals surface area contributed by atoms with Gasteiger partial charge in [0.1, 0.15) is 29.1 Å². The van der Waals surface area contributed by atoms with Crippen LogP contribution in [0.2, 0.25) is 0 Å². The van der Waals surface area contributed by atoms with Crippen LogP contribution in [0.25, 0.3) is 21.7 Å². The molecule has 50 heavy (non-hydrogen) atoms. The van der Waals surface area contributed by atoms with Gasteiger partial charge in [-0.15, -0.1) is 11.3 Å². The number of hydrazine groups is 1. The van der Waals surface area contributed by atoms with E-state index in [0.717, 1.165) is 18.8 Å². The van der Waals surface area contributed by atoms with E-state index >= 15 is 0 Å². The van der Waals surface area contributed by atoms with E-state index in [1.807, 2.05) is 19.2 Å². The fourth-order valence-corrected chi connectivity index (χ4v) is 5.47. The summed E-state index contributed by atoms with van der Waals surface area (Å²) < 4.78 is 11.5. The highest BCUT2D eigenvalue weighted by atomic mass is 32.1. The van der Waals surface area contributed by atoms with Crippen LogP contribution in [0.15, 0.2) is 29.9 Å². The van der Waals surface area contributed by atoms with Crippen LogP contribution in [0.3, 0.4) is 0 Å². The highest BCUT2D eigenvalue weighted by Gasteiger charge is 2.28. The standard InChI is InChI=1S/C34H49N9O6S/c1-10-35-32(46)39-26-16-24(31-38-21(6)19-50-31)25(18-36-26)23-15-22(17-37-30(23)48-14-13-43(11-2)12-3)28(44)41-42-29(45)27(20(4)5)40-33(47)49-34(7,8)9/h15-20,27H,10-14H2,1-9H3,(H,40,47)(H,41,44)(H,42,45)(H2,35,36,39,46)/t27-/m0/s1. The minimum Gasteiger partial charge on any atom is -0.476 e. The number of anilines is 1. The van der Waals surface area contributed by atoms with E-state index < -0.39 is 35.6 Å². The third-order valence-electron chi connectivity index (χ3n) is 7.20. The summed E-state index contributed by atoms with van der Waals surface area (Å²) in [6, 6.07) is 1.91. The minimum absolute atomic E-state index is 0.114. The Balaban J connectivity index is 1.98. The van der Waals surface area contributed by atoms with Gasteiger partial charge in [-0.05, 0) is 65.8 Å². The molecular weight excluding hydrogens is 662 g/mol. The van der Waals surface area contributed by atoms with Gasteiger partial charge in [-0.2, -0.15) is 0 Å². The first-order chi connectivity index (χ1) is 23.6. The van der Waals surface area contributed by atoms with Crippen molar-refractivity contribution in [3.05, 3.63) is 41.2 Å². The number of carbonyl (C=O) groups is 4. The van der Waals surface area contributed by atoms with Crippen molar-refractivity contribution in [2.24, 2.45) is 5.92 Å². The van der Waals surface area contributed by atoms with Crippen molar-refractivity contribution in [2.45, 2.75) is 74.0 Å². The van der Waals surface area contributed by atoms with Crippen LogP contribution in [-0.4, -0.2) is 88.2 Å². The van der Waals surface area contributed by atoms with Crippen LogP contribution in [-0.2, 0) is 9.53 Å². The molecule has 0 aliphatic carbocycles. The number of aryl methyl sites for hydroxylation is 1. The number of hydrogen-bond acceptors (Lipinski definition) is 11. The molecule has 15 nitrogen and oxygen atoms in total. The van der Waals surface area contributed by atoms with Crippen LogP contribution in [0.4, 0.5) is 15.4 Å². The number of ether oxygens (including phenoxy) is 2. The first kappa shape index (κ1) is 39.6. The van der Waals surface area contributed by atoms with Crippen LogP contribution in [0.5, 0.6) is 5.88 Å². The summed E-state index contributed by atoms with van der Waals surface area (Å²) in [5, 5.41) is 10.5. The molecule has 3 aromatic heterocycles. The van der Waals surface area contributed by atoms with Gasteiger partial charge in [0.25, 0.3) is 11.8 Å². The van der Waals surface area contributed by atoms with Gasteiger partial charge >= 0.3 is 12.1 Å². The zero-order valence-corrected chi connectivity index (χ0v) is 31.0. The van der Waals surface area contributed by atoms with Crippen molar-refractivity contribution < 1.29 is 28.7 Å². The molecule has 0 radical (unpaired) electrons. The number of amides is 5. The molecule has 0 unspecified atom stereocenters. The predicted molar refractivity (Wildman–Crippen MR) is 193 cm³/mol.